The van der Waals surface area contributed by atoms with Gasteiger partial charge in [-0.3, -0.25) is 4.79 Å². The van der Waals surface area contributed by atoms with Crippen LogP contribution in [0, 0.1) is 0 Å². The maximum Gasteiger partial charge on any atom is 0.272 e. The molecule has 0 bridgehead atoms. The summed E-state index contributed by atoms with van der Waals surface area (Å²) in [5.41, 5.74) is 7.51. The summed E-state index contributed by atoms with van der Waals surface area (Å²) in [5.74, 6) is 0.334. The van der Waals surface area contributed by atoms with E-state index >= 15 is 0 Å². The normalized spacial score (nSPS) is 10.4. The third-order valence-electron chi connectivity index (χ3n) is 2.90. The molecular weight excluding hydrogens is 268 g/mol. The number of hydrogen-bond donors (Lipinski definition) is 2. The summed E-state index contributed by atoms with van der Waals surface area (Å²) >= 11 is 0. The quantitative estimate of drug-likeness (QED) is 0.855. The van der Waals surface area contributed by atoms with Gasteiger partial charge in [-0.1, -0.05) is 6.92 Å². The van der Waals surface area contributed by atoms with Crippen LogP contribution in [-0.2, 0) is 6.54 Å². The van der Waals surface area contributed by atoms with E-state index in [4.69, 9.17) is 10.5 Å². The van der Waals surface area contributed by atoms with Crippen LogP contribution in [0.3, 0.4) is 0 Å². The first kappa shape index (κ1) is 14.9. The Morgan fingerprint density at radius 3 is 2.86 bits per heavy atom. The molecule has 2 heterocycles. The number of nitrogens with zero attached hydrogens (tertiary/aromatic N) is 2. The molecule has 0 saturated heterocycles. The Hall–Kier alpha value is -2.50. The van der Waals surface area contributed by atoms with Crippen LogP contribution in [-0.4, -0.2) is 22.1 Å². The van der Waals surface area contributed by atoms with Gasteiger partial charge in [0.2, 0.25) is 5.88 Å². The van der Waals surface area contributed by atoms with Crippen LogP contribution in [0.1, 0.15) is 30.8 Å². The molecule has 0 fully saturated rings. The average molecular weight is 288 g/mol. The SMILES string of the molecule is CCCn1cc(N)cc1C(=O)Nc1ccc(OCC)nc1. The second kappa shape index (κ2) is 6.78. The molecule has 0 spiro atoms. The van der Waals surface area contributed by atoms with Gasteiger partial charge in [0.25, 0.3) is 5.91 Å². The second-order valence-corrected chi connectivity index (χ2v) is 4.62. The van der Waals surface area contributed by atoms with Gasteiger partial charge in [0, 0.05) is 18.8 Å². The van der Waals surface area contributed by atoms with Gasteiger partial charge < -0.3 is 20.4 Å². The van der Waals surface area contributed by atoms with Gasteiger partial charge in [-0.2, -0.15) is 0 Å². The van der Waals surface area contributed by atoms with Crippen molar-refractivity contribution in [2.45, 2.75) is 26.8 Å². The third-order valence-corrected chi connectivity index (χ3v) is 2.90. The fraction of sp³-hybridized carbons (Fsp3) is 0.333. The summed E-state index contributed by atoms with van der Waals surface area (Å²) in [5, 5.41) is 2.81. The fourth-order valence-electron chi connectivity index (χ4n) is 2.03. The standard InChI is InChI=1S/C15H20N4O2/c1-3-7-19-10-11(16)8-13(19)15(20)18-12-5-6-14(17-9-12)21-4-2/h5-6,8-10H,3-4,7,16H2,1-2H3,(H,18,20). The topological polar surface area (TPSA) is 82.2 Å². The monoisotopic (exact) mass is 288 g/mol. The van der Waals surface area contributed by atoms with E-state index in [1.165, 1.54) is 0 Å². The molecule has 1 amide bonds. The number of anilines is 2. The predicted octanol–water partition coefficient (Wildman–Crippen LogP) is 2.53. The van der Waals surface area contributed by atoms with Crippen LogP contribution < -0.4 is 15.8 Å². The first-order chi connectivity index (χ1) is 10.1. The van der Waals surface area contributed by atoms with Gasteiger partial charge in [0.05, 0.1) is 24.2 Å². The number of carbonyl (C=O) groups excluding carboxylic acids is 1. The number of nitrogens with one attached hydrogen (secondary N) is 1. The van der Waals surface area contributed by atoms with Gasteiger partial charge in [-0.05, 0) is 25.5 Å². The minimum Gasteiger partial charge on any atom is -0.478 e. The first-order valence-corrected chi connectivity index (χ1v) is 7.00. The zero-order valence-electron chi connectivity index (χ0n) is 12.3. The molecule has 0 radical (unpaired) electrons. The average Bonchev–Trinajstić information content (AvgIpc) is 2.83. The Balaban J connectivity index is 2.10. The molecule has 0 unspecified atom stereocenters. The molecular formula is C15H20N4O2. The molecule has 2 aromatic rings. The summed E-state index contributed by atoms with van der Waals surface area (Å²) < 4.78 is 7.11. The van der Waals surface area contributed by atoms with Gasteiger partial charge >= 0.3 is 0 Å². The number of nitrogen functional groups attached to an aromatic ring is 1. The highest BCUT2D eigenvalue weighted by Gasteiger charge is 2.13. The lowest BCUT2D eigenvalue weighted by molar-refractivity contribution is 0.101. The molecule has 21 heavy (non-hydrogen) atoms. The van der Waals surface area contributed by atoms with E-state index in [9.17, 15) is 4.79 Å². The molecule has 0 aromatic carbocycles. The summed E-state index contributed by atoms with van der Waals surface area (Å²) in [7, 11) is 0. The number of pyridine rings is 1. The lowest BCUT2D eigenvalue weighted by Crippen LogP contribution is -2.16. The number of aromatic nitrogens is 2. The maximum atomic E-state index is 12.3. The van der Waals surface area contributed by atoms with Crippen molar-refractivity contribution in [2.75, 3.05) is 17.7 Å². The number of amides is 1. The Bertz CT molecular complexity index is 605. The van der Waals surface area contributed by atoms with Crippen LogP contribution in [0.4, 0.5) is 11.4 Å². The Labute approximate surface area is 123 Å². The minimum atomic E-state index is -0.203. The molecule has 3 N–H and O–H groups in total. The van der Waals surface area contributed by atoms with E-state index in [0.29, 0.717) is 29.6 Å². The first-order valence-electron chi connectivity index (χ1n) is 7.00. The Morgan fingerprint density at radius 2 is 2.24 bits per heavy atom. The molecule has 0 aliphatic rings. The van der Waals surface area contributed by atoms with Crippen molar-refractivity contribution >= 4 is 17.3 Å². The van der Waals surface area contributed by atoms with Gasteiger partial charge in [-0.15, -0.1) is 0 Å². The van der Waals surface area contributed by atoms with E-state index in [2.05, 4.69) is 10.3 Å². The highest BCUT2D eigenvalue weighted by atomic mass is 16.5. The van der Waals surface area contributed by atoms with Crippen molar-refractivity contribution in [1.82, 2.24) is 9.55 Å². The van der Waals surface area contributed by atoms with Crippen molar-refractivity contribution in [3.63, 3.8) is 0 Å². The lowest BCUT2D eigenvalue weighted by atomic mass is 10.3. The summed E-state index contributed by atoms with van der Waals surface area (Å²) in [6.07, 6.45) is 4.27. The van der Waals surface area contributed by atoms with Crippen LogP contribution in [0.15, 0.2) is 30.6 Å². The molecule has 112 valence electrons. The van der Waals surface area contributed by atoms with Gasteiger partial charge in [0.1, 0.15) is 5.69 Å². The smallest absolute Gasteiger partial charge is 0.272 e. The van der Waals surface area contributed by atoms with E-state index in [1.807, 2.05) is 18.4 Å². The van der Waals surface area contributed by atoms with E-state index in [-0.39, 0.29) is 5.91 Å². The molecule has 0 atom stereocenters. The largest absolute Gasteiger partial charge is 0.478 e. The van der Waals surface area contributed by atoms with Crippen molar-refractivity contribution < 1.29 is 9.53 Å². The number of nitrogens with two attached hydrogens (primary N) is 1. The zero-order chi connectivity index (χ0) is 15.2. The Morgan fingerprint density at radius 1 is 1.43 bits per heavy atom. The second-order valence-electron chi connectivity index (χ2n) is 4.62. The lowest BCUT2D eigenvalue weighted by Gasteiger charge is -2.09. The molecule has 0 aliphatic carbocycles. The van der Waals surface area contributed by atoms with Crippen LogP contribution in [0.25, 0.3) is 0 Å². The highest BCUT2D eigenvalue weighted by molar-refractivity contribution is 6.03. The number of carbonyl (C=O) groups is 1. The molecule has 6 nitrogen and oxygen atoms in total. The fourth-order valence-corrected chi connectivity index (χ4v) is 2.03. The molecule has 6 heteroatoms. The third kappa shape index (κ3) is 3.75. The van der Waals surface area contributed by atoms with Crippen molar-refractivity contribution in [1.29, 1.82) is 0 Å². The minimum absolute atomic E-state index is 0.203. The van der Waals surface area contributed by atoms with E-state index < -0.39 is 0 Å². The van der Waals surface area contributed by atoms with E-state index in [0.717, 1.165) is 13.0 Å². The predicted molar refractivity (Wildman–Crippen MR) is 82.5 cm³/mol. The number of aryl methyl sites for hydroxylation is 1. The summed E-state index contributed by atoms with van der Waals surface area (Å²) in [6.45, 7) is 5.25. The van der Waals surface area contributed by atoms with Crippen LogP contribution >= 0.6 is 0 Å². The van der Waals surface area contributed by atoms with Gasteiger partial charge in [0.15, 0.2) is 0 Å². The molecule has 0 saturated carbocycles. The number of rotatable bonds is 6. The molecule has 2 aromatic heterocycles. The number of ether oxygens (including phenoxy) is 1. The summed E-state index contributed by atoms with van der Waals surface area (Å²) in [4.78, 5) is 16.4. The van der Waals surface area contributed by atoms with Gasteiger partial charge in [-0.25, -0.2) is 4.98 Å². The Kier molecular flexibility index (Phi) is 4.81. The molecule has 2 rings (SSSR count). The number of hydrogen-bond acceptors (Lipinski definition) is 4. The molecule has 0 aliphatic heterocycles. The van der Waals surface area contributed by atoms with E-state index in [1.54, 1.807) is 30.6 Å². The van der Waals surface area contributed by atoms with Crippen molar-refractivity contribution in [3.8, 4) is 5.88 Å². The van der Waals surface area contributed by atoms with Crippen LogP contribution in [0.5, 0.6) is 5.88 Å². The maximum absolute atomic E-state index is 12.3. The van der Waals surface area contributed by atoms with Crippen molar-refractivity contribution in [2.24, 2.45) is 0 Å². The summed E-state index contributed by atoms with van der Waals surface area (Å²) in [6, 6.07) is 5.15. The van der Waals surface area contributed by atoms with Crippen LogP contribution in [0.2, 0.25) is 0 Å². The van der Waals surface area contributed by atoms with Crippen molar-refractivity contribution in [3.05, 3.63) is 36.3 Å². The zero-order valence-corrected chi connectivity index (χ0v) is 12.3. The highest BCUT2D eigenvalue weighted by Crippen LogP contribution is 2.16.